The van der Waals surface area contributed by atoms with Crippen molar-refractivity contribution in [1.29, 1.82) is 0 Å². The van der Waals surface area contributed by atoms with Crippen LogP contribution in [0, 0.1) is 5.92 Å². The van der Waals surface area contributed by atoms with Gasteiger partial charge < -0.3 is 13.8 Å². The second kappa shape index (κ2) is 10.4. The van der Waals surface area contributed by atoms with Crippen molar-refractivity contribution < 1.29 is 22.1 Å². The lowest BCUT2D eigenvalue weighted by Gasteiger charge is -2.33. The standard InChI is InChI=1S/C21H27N3O5S/c22-30(26,27)29-21(25)3-1-2-17-4-6-20(7-5-17)28-16-18-10-14-24(15-11-18)19-8-12-23-13-9-19/h4-9,12-13,18H,1-3,10-11,14-16H2,(H2,22,26,27). The van der Waals surface area contributed by atoms with Crippen LogP contribution in [0.25, 0.3) is 0 Å². The smallest absolute Gasteiger partial charge is 0.382 e. The number of rotatable bonds is 9. The molecule has 2 heterocycles. The van der Waals surface area contributed by atoms with Crippen LogP contribution in [0.15, 0.2) is 48.8 Å². The maximum atomic E-state index is 11.3. The Morgan fingerprint density at radius 2 is 1.77 bits per heavy atom. The lowest BCUT2D eigenvalue weighted by molar-refractivity contribution is -0.133. The molecule has 0 spiro atoms. The van der Waals surface area contributed by atoms with Crippen LogP contribution in [-0.2, 0) is 25.7 Å². The highest BCUT2D eigenvalue weighted by Gasteiger charge is 2.20. The van der Waals surface area contributed by atoms with Gasteiger partial charge in [0.1, 0.15) is 5.75 Å². The Bertz CT molecular complexity index is 911. The SMILES string of the molecule is NS(=O)(=O)OC(=O)CCCc1ccc(OCC2CCN(c3ccncc3)CC2)cc1. The number of aryl methyl sites for hydroxylation is 1. The zero-order valence-electron chi connectivity index (χ0n) is 16.8. The van der Waals surface area contributed by atoms with E-state index in [1.54, 1.807) is 0 Å². The fraction of sp³-hybridized carbons (Fsp3) is 0.429. The van der Waals surface area contributed by atoms with Crippen molar-refractivity contribution >= 4 is 22.0 Å². The lowest BCUT2D eigenvalue weighted by atomic mass is 9.97. The van der Waals surface area contributed by atoms with Gasteiger partial charge in [0, 0.05) is 37.6 Å². The number of aromatic nitrogens is 1. The average Bonchev–Trinajstić information content (AvgIpc) is 2.73. The second-order valence-corrected chi connectivity index (χ2v) is 8.54. The van der Waals surface area contributed by atoms with Crippen LogP contribution < -0.4 is 14.8 Å². The number of nitrogens with zero attached hydrogens (tertiary/aromatic N) is 2. The maximum Gasteiger partial charge on any atom is 0.382 e. The van der Waals surface area contributed by atoms with Crippen LogP contribution in [-0.4, -0.2) is 39.1 Å². The van der Waals surface area contributed by atoms with Crippen LogP contribution in [0.4, 0.5) is 5.69 Å². The van der Waals surface area contributed by atoms with Crippen molar-refractivity contribution in [2.24, 2.45) is 11.1 Å². The van der Waals surface area contributed by atoms with Crippen molar-refractivity contribution in [3.8, 4) is 5.75 Å². The normalized spacial score (nSPS) is 15.0. The first kappa shape index (κ1) is 22.0. The van der Waals surface area contributed by atoms with Crippen molar-refractivity contribution in [3.05, 3.63) is 54.4 Å². The first-order chi connectivity index (χ1) is 14.4. The summed E-state index contributed by atoms with van der Waals surface area (Å²) in [5.41, 5.74) is 2.26. The second-order valence-electron chi connectivity index (χ2n) is 7.39. The Kier molecular flexibility index (Phi) is 7.64. The minimum Gasteiger partial charge on any atom is -0.493 e. The Morgan fingerprint density at radius 1 is 1.10 bits per heavy atom. The predicted octanol–water partition coefficient (Wildman–Crippen LogP) is 2.45. The van der Waals surface area contributed by atoms with Gasteiger partial charge in [-0.15, -0.1) is 0 Å². The quantitative estimate of drug-likeness (QED) is 0.646. The van der Waals surface area contributed by atoms with E-state index in [9.17, 15) is 13.2 Å². The molecule has 8 nitrogen and oxygen atoms in total. The third-order valence-electron chi connectivity index (χ3n) is 5.11. The molecular weight excluding hydrogens is 406 g/mol. The molecular formula is C21H27N3O5S. The number of nitrogens with two attached hydrogens (primary N) is 1. The number of anilines is 1. The van der Waals surface area contributed by atoms with Gasteiger partial charge in [0.05, 0.1) is 6.61 Å². The zero-order chi connectivity index (χ0) is 21.4. The molecule has 0 bridgehead atoms. The molecule has 1 aromatic carbocycles. The third-order valence-corrected chi connectivity index (χ3v) is 5.53. The first-order valence-corrected chi connectivity index (χ1v) is 11.5. The van der Waals surface area contributed by atoms with E-state index in [1.165, 1.54) is 5.69 Å². The van der Waals surface area contributed by atoms with Crippen LogP contribution in [0.5, 0.6) is 5.75 Å². The number of hydrogen-bond donors (Lipinski definition) is 1. The summed E-state index contributed by atoms with van der Waals surface area (Å²) in [6.45, 7) is 2.73. The van der Waals surface area contributed by atoms with Gasteiger partial charge >= 0.3 is 16.3 Å². The Morgan fingerprint density at radius 3 is 2.40 bits per heavy atom. The molecule has 0 amide bonds. The summed E-state index contributed by atoms with van der Waals surface area (Å²) in [5.74, 6) is 0.518. The molecule has 2 N–H and O–H groups in total. The summed E-state index contributed by atoms with van der Waals surface area (Å²) < 4.78 is 31.4. The number of piperidine rings is 1. The molecule has 2 aromatic rings. The summed E-state index contributed by atoms with van der Waals surface area (Å²) in [6.07, 6.45) is 6.93. The molecule has 0 atom stereocenters. The Labute approximate surface area is 177 Å². The van der Waals surface area contributed by atoms with E-state index in [-0.39, 0.29) is 6.42 Å². The molecule has 162 valence electrons. The van der Waals surface area contributed by atoms with Gasteiger partial charge in [-0.25, -0.2) is 0 Å². The van der Waals surface area contributed by atoms with E-state index < -0.39 is 16.3 Å². The van der Waals surface area contributed by atoms with Gasteiger partial charge in [0.15, 0.2) is 0 Å². The van der Waals surface area contributed by atoms with E-state index in [1.807, 2.05) is 48.8 Å². The summed E-state index contributed by atoms with van der Waals surface area (Å²) in [4.78, 5) is 17.8. The van der Waals surface area contributed by atoms with Crippen LogP contribution in [0.2, 0.25) is 0 Å². The van der Waals surface area contributed by atoms with Crippen molar-refractivity contribution in [3.63, 3.8) is 0 Å². The van der Waals surface area contributed by atoms with E-state index in [2.05, 4.69) is 19.2 Å². The summed E-state index contributed by atoms with van der Waals surface area (Å²) in [5, 5.41) is 4.66. The first-order valence-electron chi connectivity index (χ1n) is 10.0. The van der Waals surface area contributed by atoms with Crippen LogP contribution in [0.1, 0.15) is 31.2 Å². The largest absolute Gasteiger partial charge is 0.493 e. The maximum absolute atomic E-state index is 11.3. The molecule has 0 unspecified atom stereocenters. The molecule has 1 aliphatic rings. The third kappa shape index (κ3) is 7.31. The highest BCUT2D eigenvalue weighted by molar-refractivity contribution is 7.84. The van der Waals surface area contributed by atoms with Gasteiger partial charge in [-0.05, 0) is 61.4 Å². The van der Waals surface area contributed by atoms with Crippen LogP contribution in [0.3, 0.4) is 0 Å². The highest BCUT2D eigenvalue weighted by atomic mass is 32.2. The number of benzene rings is 1. The molecule has 1 aliphatic heterocycles. The minimum absolute atomic E-state index is 0.00707. The van der Waals surface area contributed by atoms with Crippen LogP contribution >= 0.6 is 0 Å². The molecule has 9 heteroatoms. The van der Waals surface area contributed by atoms with Crippen molar-refractivity contribution in [2.75, 3.05) is 24.6 Å². The molecule has 1 saturated heterocycles. The van der Waals surface area contributed by atoms with E-state index >= 15 is 0 Å². The molecule has 0 radical (unpaired) electrons. The Balaban J connectivity index is 1.35. The fourth-order valence-electron chi connectivity index (χ4n) is 3.49. The summed E-state index contributed by atoms with van der Waals surface area (Å²) >= 11 is 0. The van der Waals surface area contributed by atoms with Gasteiger partial charge in [-0.3, -0.25) is 9.78 Å². The minimum atomic E-state index is -4.23. The highest BCUT2D eigenvalue weighted by Crippen LogP contribution is 2.24. The van der Waals surface area contributed by atoms with Crippen molar-refractivity contribution in [2.45, 2.75) is 32.1 Å². The summed E-state index contributed by atoms with van der Waals surface area (Å²) in [6, 6.07) is 11.8. The van der Waals surface area contributed by atoms with Gasteiger partial charge in [-0.1, -0.05) is 12.1 Å². The van der Waals surface area contributed by atoms with E-state index in [0.717, 1.165) is 37.2 Å². The molecule has 30 heavy (non-hydrogen) atoms. The molecule has 0 aliphatic carbocycles. The molecule has 0 saturated carbocycles. The molecule has 1 fully saturated rings. The summed E-state index contributed by atoms with van der Waals surface area (Å²) in [7, 11) is -4.23. The van der Waals surface area contributed by atoms with E-state index in [0.29, 0.717) is 25.4 Å². The number of ether oxygens (including phenoxy) is 1. The van der Waals surface area contributed by atoms with Crippen molar-refractivity contribution in [1.82, 2.24) is 4.98 Å². The Hall–Kier alpha value is -2.65. The number of pyridine rings is 1. The fourth-order valence-corrected chi connectivity index (χ4v) is 3.83. The van der Waals surface area contributed by atoms with Gasteiger partial charge in [-0.2, -0.15) is 13.6 Å². The topological polar surface area (TPSA) is 112 Å². The zero-order valence-corrected chi connectivity index (χ0v) is 17.6. The predicted molar refractivity (Wildman–Crippen MR) is 113 cm³/mol. The number of carbonyl (C=O) groups is 1. The number of hydrogen-bond acceptors (Lipinski definition) is 7. The van der Waals surface area contributed by atoms with Gasteiger partial charge in [0.2, 0.25) is 0 Å². The monoisotopic (exact) mass is 433 g/mol. The lowest BCUT2D eigenvalue weighted by Crippen LogP contribution is -2.35. The average molecular weight is 434 g/mol. The van der Waals surface area contributed by atoms with E-state index in [4.69, 9.17) is 4.74 Å². The molecule has 1 aromatic heterocycles. The van der Waals surface area contributed by atoms with Gasteiger partial charge in [0.25, 0.3) is 0 Å². The molecule has 3 rings (SSSR count). The number of carbonyl (C=O) groups excluding carboxylic acids is 1.